The molecule has 19 heavy (non-hydrogen) atoms. The van der Waals surface area contributed by atoms with E-state index in [1.54, 1.807) is 12.1 Å². The molecule has 0 saturated heterocycles. The number of pyridine rings is 1. The highest BCUT2D eigenvalue weighted by atomic mass is 32.2. The van der Waals surface area contributed by atoms with E-state index in [0.29, 0.717) is 17.1 Å². The topological polar surface area (TPSA) is 68.0 Å². The zero-order valence-corrected chi connectivity index (χ0v) is 11.6. The van der Waals surface area contributed by atoms with Crippen LogP contribution < -0.4 is 11.1 Å². The Labute approximate surface area is 116 Å². The predicted octanol–water partition coefficient (Wildman–Crippen LogP) is 2.95. The Morgan fingerprint density at radius 1 is 1.37 bits per heavy atom. The fourth-order valence-corrected chi connectivity index (χ4v) is 2.33. The van der Waals surface area contributed by atoms with Crippen LogP contribution in [0.4, 0.5) is 11.5 Å². The molecule has 0 radical (unpaired) electrons. The Balaban J connectivity index is 2.26. The number of amides is 1. The minimum absolute atomic E-state index is 0.162. The molecule has 0 atom stereocenters. The molecule has 3 N–H and O–H groups in total. The van der Waals surface area contributed by atoms with Crippen LogP contribution in [-0.2, 0) is 0 Å². The number of hydrogen-bond donors (Lipinski definition) is 2. The third-order valence-corrected chi connectivity index (χ3v) is 3.48. The van der Waals surface area contributed by atoms with Gasteiger partial charge in [-0.05, 0) is 36.9 Å². The van der Waals surface area contributed by atoms with E-state index in [2.05, 4.69) is 10.3 Å². The van der Waals surface area contributed by atoms with Crippen molar-refractivity contribution < 1.29 is 4.79 Å². The van der Waals surface area contributed by atoms with Crippen molar-refractivity contribution in [3.63, 3.8) is 0 Å². The quantitative estimate of drug-likeness (QED) is 0.844. The number of nitrogen functional groups attached to an aromatic ring is 1. The first-order chi connectivity index (χ1) is 9.11. The Morgan fingerprint density at radius 3 is 2.79 bits per heavy atom. The van der Waals surface area contributed by atoms with Gasteiger partial charge in [0.15, 0.2) is 0 Å². The van der Waals surface area contributed by atoms with Gasteiger partial charge in [-0.2, -0.15) is 0 Å². The Hall–Kier alpha value is -2.01. The number of thioether (sulfide) groups is 1. The first-order valence-corrected chi connectivity index (χ1v) is 7.01. The largest absolute Gasteiger partial charge is 0.397 e. The molecule has 0 aliphatic carbocycles. The number of nitrogens with two attached hydrogens (primary N) is 1. The molecule has 0 fully saturated rings. The molecule has 0 aliphatic heterocycles. The van der Waals surface area contributed by atoms with E-state index in [9.17, 15) is 4.79 Å². The molecule has 2 aromatic rings. The van der Waals surface area contributed by atoms with Gasteiger partial charge in [0, 0.05) is 4.90 Å². The van der Waals surface area contributed by atoms with Gasteiger partial charge in [0.05, 0.1) is 17.4 Å². The molecule has 1 amide bonds. The molecule has 5 heteroatoms. The van der Waals surface area contributed by atoms with Gasteiger partial charge in [-0.15, -0.1) is 11.8 Å². The van der Waals surface area contributed by atoms with Crippen molar-refractivity contribution in [1.82, 2.24) is 4.98 Å². The smallest absolute Gasteiger partial charge is 0.257 e. The summed E-state index contributed by atoms with van der Waals surface area (Å²) in [4.78, 5) is 17.3. The molecule has 98 valence electrons. The van der Waals surface area contributed by atoms with Crippen LogP contribution in [0.1, 0.15) is 15.9 Å². The molecule has 0 spiro atoms. The molecule has 4 nitrogen and oxygen atoms in total. The molecular weight excluding hydrogens is 258 g/mol. The van der Waals surface area contributed by atoms with E-state index in [1.807, 2.05) is 31.4 Å². The lowest BCUT2D eigenvalue weighted by molar-refractivity contribution is 0.102. The molecule has 1 aromatic heterocycles. The van der Waals surface area contributed by atoms with Crippen molar-refractivity contribution >= 4 is 29.2 Å². The number of anilines is 2. The van der Waals surface area contributed by atoms with Gasteiger partial charge in [0.2, 0.25) is 0 Å². The summed E-state index contributed by atoms with van der Waals surface area (Å²) < 4.78 is 0. The fourth-order valence-electron chi connectivity index (χ4n) is 1.73. The minimum atomic E-state index is -0.162. The highest BCUT2D eigenvalue weighted by Crippen LogP contribution is 2.21. The lowest BCUT2D eigenvalue weighted by Crippen LogP contribution is -2.15. The van der Waals surface area contributed by atoms with Crippen LogP contribution >= 0.6 is 11.8 Å². The van der Waals surface area contributed by atoms with E-state index in [-0.39, 0.29) is 5.91 Å². The van der Waals surface area contributed by atoms with Crippen molar-refractivity contribution in [3.8, 4) is 0 Å². The highest BCUT2D eigenvalue weighted by Gasteiger charge is 2.12. The average molecular weight is 273 g/mol. The SMILES string of the molecule is CSc1ccccc1C(=O)Nc1ncc(N)cc1C. The molecule has 0 aliphatic rings. The van der Waals surface area contributed by atoms with Crippen LogP contribution in [0.5, 0.6) is 0 Å². The molecule has 0 bridgehead atoms. The maximum atomic E-state index is 12.2. The Kier molecular flexibility index (Phi) is 4.06. The number of carbonyl (C=O) groups is 1. The summed E-state index contributed by atoms with van der Waals surface area (Å²) >= 11 is 1.54. The van der Waals surface area contributed by atoms with Crippen LogP contribution in [0, 0.1) is 6.92 Å². The number of nitrogens with one attached hydrogen (secondary N) is 1. The van der Waals surface area contributed by atoms with Crippen LogP contribution in [0.25, 0.3) is 0 Å². The second-order valence-corrected chi connectivity index (χ2v) is 4.94. The Morgan fingerprint density at radius 2 is 2.11 bits per heavy atom. The number of benzene rings is 1. The third-order valence-electron chi connectivity index (χ3n) is 2.68. The van der Waals surface area contributed by atoms with Gasteiger partial charge in [0.25, 0.3) is 5.91 Å². The fraction of sp³-hybridized carbons (Fsp3) is 0.143. The maximum absolute atomic E-state index is 12.2. The third kappa shape index (κ3) is 3.06. The summed E-state index contributed by atoms with van der Waals surface area (Å²) in [6.45, 7) is 1.86. The van der Waals surface area contributed by atoms with Crippen molar-refractivity contribution in [1.29, 1.82) is 0 Å². The van der Waals surface area contributed by atoms with Gasteiger partial charge >= 0.3 is 0 Å². The Bertz CT molecular complexity index is 613. The molecular formula is C14H15N3OS. The molecule has 2 rings (SSSR count). The van der Waals surface area contributed by atoms with Crippen molar-refractivity contribution in [2.24, 2.45) is 0 Å². The second kappa shape index (κ2) is 5.75. The first-order valence-electron chi connectivity index (χ1n) is 5.78. The zero-order valence-electron chi connectivity index (χ0n) is 10.8. The van der Waals surface area contributed by atoms with E-state index in [4.69, 9.17) is 5.73 Å². The van der Waals surface area contributed by atoms with Crippen molar-refractivity contribution in [2.45, 2.75) is 11.8 Å². The highest BCUT2D eigenvalue weighted by molar-refractivity contribution is 7.98. The lowest BCUT2D eigenvalue weighted by atomic mass is 10.2. The number of aryl methyl sites for hydroxylation is 1. The van der Waals surface area contributed by atoms with Gasteiger partial charge in [-0.3, -0.25) is 4.79 Å². The van der Waals surface area contributed by atoms with E-state index >= 15 is 0 Å². The maximum Gasteiger partial charge on any atom is 0.257 e. The summed E-state index contributed by atoms with van der Waals surface area (Å²) in [6, 6.07) is 9.26. The molecule has 0 saturated carbocycles. The monoisotopic (exact) mass is 273 g/mol. The van der Waals surface area contributed by atoms with Crippen LogP contribution in [0.3, 0.4) is 0 Å². The lowest BCUT2D eigenvalue weighted by Gasteiger charge is -2.10. The zero-order chi connectivity index (χ0) is 13.8. The van der Waals surface area contributed by atoms with Gasteiger partial charge in [0.1, 0.15) is 5.82 Å². The minimum Gasteiger partial charge on any atom is -0.397 e. The van der Waals surface area contributed by atoms with Gasteiger partial charge in [-0.25, -0.2) is 4.98 Å². The summed E-state index contributed by atoms with van der Waals surface area (Å²) in [5.41, 5.74) is 7.71. The van der Waals surface area contributed by atoms with E-state index < -0.39 is 0 Å². The summed E-state index contributed by atoms with van der Waals surface area (Å²) in [7, 11) is 0. The standard InChI is InChI=1S/C14H15N3OS/c1-9-7-10(15)8-16-13(9)17-14(18)11-5-3-4-6-12(11)19-2/h3-8H,15H2,1-2H3,(H,16,17,18). The predicted molar refractivity (Wildman–Crippen MR) is 79.6 cm³/mol. The van der Waals surface area contributed by atoms with Crippen molar-refractivity contribution in [2.75, 3.05) is 17.3 Å². The number of hydrogen-bond acceptors (Lipinski definition) is 4. The first kappa shape index (κ1) is 13.4. The second-order valence-electron chi connectivity index (χ2n) is 4.09. The number of carbonyl (C=O) groups excluding carboxylic acids is 1. The van der Waals surface area contributed by atoms with Gasteiger partial charge < -0.3 is 11.1 Å². The van der Waals surface area contributed by atoms with Crippen molar-refractivity contribution in [3.05, 3.63) is 47.7 Å². The molecule has 1 heterocycles. The summed E-state index contributed by atoms with van der Waals surface area (Å²) in [6.07, 6.45) is 3.47. The van der Waals surface area contributed by atoms with Crippen LogP contribution in [0.2, 0.25) is 0 Å². The molecule has 0 unspecified atom stereocenters. The summed E-state index contributed by atoms with van der Waals surface area (Å²) in [5, 5.41) is 2.81. The average Bonchev–Trinajstić information content (AvgIpc) is 2.41. The van der Waals surface area contributed by atoms with E-state index in [1.165, 1.54) is 18.0 Å². The number of aromatic nitrogens is 1. The van der Waals surface area contributed by atoms with Gasteiger partial charge in [-0.1, -0.05) is 12.1 Å². The van der Waals surface area contributed by atoms with Crippen LogP contribution in [-0.4, -0.2) is 17.1 Å². The summed E-state index contributed by atoms with van der Waals surface area (Å²) in [5.74, 6) is 0.375. The number of rotatable bonds is 3. The normalized spacial score (nSPS) is 10.2. The van der Waals surface area contributed by atoms with E-state index in [0.717, 1.165) is 10.5 Å². The molecule has 1 aromatic carbocycles. The van der Waals surface area contributed by atoms with Crippen LogP contribution in [0.15, 0.2) is 41.4 Å². The number of nitrogens with zero attached hydrogens (tertiary/aromatic N) is 1.